The monoisotopic (exact) mass is 151 g/mol. The van der Waals surface area contributed by atoms with Crippen LogP contribution in [-0.4, -0.2) is 24.1 Å². The van der Waals surface area contributed by atoms with Gasteiger partial charge in [0.1, 0.15) is 6.67 Å². The molecule has 1 aliphatic carbocycles. The van der Waals surface area contributed by atoms with Gasteiger partial charge in [0.15, 0.2) is 0 Å². The van der Waals surface area contributed by atoms with E-state index in [4.69, 9.17) is 5.73 Å². The number of hydrogen-bond donors (Lipinski definition) is 1. The molecule has 1 heterocycles. The molecule has 0 amide bonds. The largest absolute Gasteiger partial charge is 0.327 e. The average Bonchev–Trinajstić information content (AvgIpc) is 2.36. The first kappa shape index (κ1) is 6.98. The van der Waals surface area contributed by atoms with Crippen LogP contribution in [0.1, 0.15) is 19.8 Å². The standard InChI is InChI=1S/C8H13N3/c1-5-2-7-8(3-6(5)9)11-4-10-7/h5-6H,2-4,9H2,1H3. The summed E-state index contributed by atoms with van der Waals surface area (Å²) in [5, 5.41) is 0. The van der Waals surface area contributed by atoms with Gasteiger partial charge in [-0.2, -0.15) is 0 Å². The van der Waals surface area contributed by atoms with Crippen LogP contribution in [0.5, 0.6) is 0 Å². The van der Waals surface area contributed by atoms with Gasteiger partial charge < -0.3 is 5.73 Å². The first-order valence-corrected chi connectivity index (χ1v) is 4.10. The summed E-state index contributed by atoms with van der Waals surface area (Å²) in [4.78, 5) is 8.58. The van der Waals surface area contributed by atoms with Crippen LogP contribution in [0, 0.1) is 5.92 Å². The molecule has 0 bridgehead atoms. The van der Waals surface area contributed by atoms with E-state index in [1.807, 2.05) is 0 Å². The first-order valence-electron chi connectivity index (χ1n) is 4.10. The summed E-state index contributed by atoms with van der Waals surface area (Å²) in [7, 11) is 0. The van der Waals surface area contributed by atoms with Gasteiger partial charge in [-0.3, -0.25) is 9.98 Å². The molecule has 0 saturated heterocycles. The maximum atomic E-state index is 5.90. The number of hydrogen-bond acceptors (Lipinski definition) is 3. The lowest BCUT2D eigenvalue weighted by molar-refractivity contribution is 0.472. The molecule has 0 aromatic heterocycles. The number of nitrogens with two attached hydrogens (primary N) is 1. The van der Waals surface area contributed by atoms with Gasteiger partial charge in [0, 0.05) is 12.5 Å². The van der Waals surface area contributed by atoms with E-state index in [1.165, 1.54) is 5.71 Å². The molecule has 0 radical (unpaired) electrons. The minimum atomic E-state index is 0.297. The fourth-order valence-corrected chi connectivity index (χ4v) is 1.63. The molecule has 1 aliphatic heterocycles. The van der Waals surface area contributed by atoms with E-state index in [9.17, 15) is 0 Å². The molecular formula is C8H13N3. The zero-order valence-electron chi connectivity index (χ0n) is 6.75. The molecule has 3 nitrogen and oxygen atoms in total. The highest BCUT2D eigenvalue weighted by atomic mass is 15.0. The topological polar surface area (TPSA) is 50.7 Å². The van der Waals surface area contributed by atoms with E-state index < -0.39 is 0 Å². The third-order valence-corrected chi connectivity index (χ3v) is 2.53. The Balaban J connectivity index is 2.19. The van der Waals surface area contributed by atoms with E-state index >= 15 is 0 Å². The van der Waals surface area contributed by atoms with E-state index in [-0.39, 0.29) is 0 Å². The molecule has 2 unspecified atom stereocenters. The van der Waals surface area contributed by atoms with E-state index in [0.717, 1.165) is 18.6 Å². The highest BCUT2D eigenvalue weighted by Crippen LogP contribution is 2.21. The number of fused-ring (bicyclic) bond motifs is 1. The molecule has 1 saturated carbocycles. The molecule has 2 N–H and O–H groups in total. The van der Waals surface area contributed by atoms with Gasteiger partial charge in [-0.25, -0.2) is 0 Å². The third kappa shape index (κ3) is 1.09. The average molecular weight is 151 g/mol. The Morgan fingerprint density at radius 3 is 2.64 bits per heavy atom. The molecule has 2 rings (SSSR count). The lowest BCUT2D eigenvalue weighted by Gasteiger charge is -2.25. The third-order valence-electron chi connectivity index (χ3n) is 2.53. The molecule has 11 heavy (non-hydrogen) atoms. The lowest BCUT2D eigenvalue weighted by Crippen LogP contribution is -2.39. The quantitative estimate of drug-likeness (QED) is 0.541. The van der Waals surface area contributed by atoms with Crippen LogP contribution in [0.15, 0.2) is 9.98 Å². The van der Waals surface area contributed by atoms with Gasteiger partial charge in [0.2, 0.25) is 0 Å². The van der Waals surface area contributed by atoms with Gasteiger partial charge in [-0.05, 0) is 12.3 Å². The van der Waals surface area contributed by atoms with Crippen molar-refractivity contribution >= 4 is 11.4 Å². The smallest absolute Gasteiger partial charge is 0.130 e. The second-order valence-electron chi connectivity index (χ2n) is 3.40. The summed E-state index contributed by atoms with van der Waals surface area (Å²) < 4.78 is 0. The molecular weight excluding hydrogens is 138 g/mol. The zero-order chi connectivity index (χ0) is 7.84. The number of nitrogens with zero attached hydrogens (tertiary/aromatic N) is 2. The predicted molar refractivity (Wildman–Crippen MR) is 46.1 cm³/mol. The Hall–Kier alpha value is -0.700. The highest BCUT2D eigenvalue weighted by Gasteiger charge is 2.28. The highest BCUT2D eigenvalue weighted by molar-refractivity contribution is 6.44. The lowest BCUT2D eigenvalue weighted by atomic mass is 9.84. The minimum Gasteiger partial charge on any atom is -0.327 e. The summed E-state index contributed by atoms with van der Waals surface area (Å²) in [6, 6.07) is 0.297. The van der Waals surface area contributed by atoms with E-state index in [0.29, 0.717) is 18.6 Å². The summed E-state index contributed by atoms with van der Waals surface area (Å²) in [5.74, 6) is 0.575. The molecule has 1 fully saturated rings. The maximum absolute atomic E-state index is 5.90. The van der Waals surface area contributed by atoms with Gasteiger partial charge >= 0.3 is 0 Å². The Kier molecular flexibility index (Phi) is 1.53. The fourth-order valence-electron chi connectivity index (χ4n) is 1.63. The molecule has 0 spiro atoms. The van der Waals surface area contributed by atoms with Crippen molar-refractivity contribution in [3.8, 4) is 0 Å². The summed E-state index contributed by atoms with van der Waals surface area (Å²) in [6.07, 6.45) is 1.96. The van der Waals surface area contributed by atoms with Gasteiger partial charge in [-0.1, -0.05) is 6.92 Å². The minimum absolute atomic E-state index is 0.297. The molecule has 0 aromatic carbocycles. The molecule has 2 aliphatic rings. The van der Waals surface area contributed by atoms with E-state index in [1.54, 1.807) is 0 Å². The van der Waals surface area contributed by atoms with Crippen LogP contribution in [0.3, 0.4) is 0 Å². The van der Waals surface area contributed by atoms with Crippen molar-refractivity contribution in [2.45, 2.75) is 25.8 Å². The van der Waals surface area contributed by atoms with Crippen LogP contribution in [-0.2, 0) is 0 Å². The Bertz CT molecular complexity index is 205. The molecule has 2 atom stereocenters. The molecule has 0 aromatic rings. The van der Waals surface area contributed by atoms with Gasteiger partial charge in [0.05, 0.1) is 11.4 Å². The van der Waals surface area contributed by atoms with Crippen LogP contribution >= 0.6 is 0 Å². The molecule has 3 heteroatoms. The van der Waals surface area contributed by atoms with E-state index in [2.05, 4.69) is 16.9 Å². The summed E-state index contributed by atoms with van der Waals surface area (Å²) in [6.45, 7) is 2.83. The van der Waals surface area contributed by atoms with Crippen LogP contribution in [0.2, 0.25) is 0 Å². The second-order valence-corrected chi connectivity index (χ2v) is 3.40. The van der Waals surface area contributed by atoms with Crippen molar-refractivity contribution in [1.29, 1.82) is 0 Å². The Morgan fingerprint density at radius 1 is 1.27 bits per heavy atom. The van der Waals surface area contributed by atoms with Gasteiger partial charge in [0.25, 0.3) is 0 Å². The summed E-state index contributed by atoms with van der Waals surface area (Å²) in [5.41, 5.74) is 8.27. The van der Waals surface area contributed by atoms with Crippen LogP contribution < -0.4 is 5.73 Å². The number of aliphatic imine (C=N–C) groups is 2. The van der Waals surface area contributed by atoms with Crippen molar-refractivity contribution in [2.24, 2.45) is 21.6 Å². The van der Waals surface area contributed by atoms with Crippen molar-refractivity contribution in [3.05, 3.63) is 0 Å². The zero-order valence-corrected chi connectivity index (χ0v) is 6.75. The SMILES string of the molecule is CC1CC2=NCN=C2CC1N. The normalized spacial score (nSPS) is 36.2. The Labute approximate surface area is 66.4 Å². The number of rotatable bonds is 0. The van der Waals surface area contributed by atoms with Crippen molar-refractivity contribution in [2.75, 3.05) is 6.67 Å². The first-order chi connectivity index (χ1) is 5.27. The fraction of sp³-hybridized carbons (Fsp3) is 0.750. The summed E-state index contributed by atoms with van der Waals surface area (Å²) >= 11 is 0. The van der Waals surface area contributed by atoms with Crippen molar-refractivity contribution < 1.29 is 0 Å². The van der Waals surface area contributed by atoms with Crippen LogP contribution in [0.25, 0.3) is 0 Å². The van der Waals surface area contributed by atoms with Gasteiger partial charge in [-0.15, -0.1) is 0 Å². The Morgan fingerprint density at radius 2 is 1.91 bits per heavy atom. The molecule has 60 valence electrons. The second kappa shape index (κ2) is 2.41. The van der Waals surface area contributed by atoms with Crippen molar-refractivity contribution in [1.82, 2.24) is 0 Å². The predicted octanol–water partition coefficient (Wildman–Crippen LogP) is 0.597. The van der Waals surface area contributed by atoms with Crippen molar-refractivity contribution in [3.63, 3.8) is 0 Å². The maximum Gasteiger partial charge on any atom is 0.130 e. The van der Waals surface area contributed by atoms with Crippen LogP contribution in [0.4, 0.5) is 0 Å².